The highest BCUT2D eigenvalue weighted by Gasteiger charge is 1.82. The molecule has 0 saturated heterocycles. The molecule has 2 nitrogen and oxygen atoms in total. The van der Waals surface area contributed by atoms with Crippen molar-refractivity contribution in [2.45, 2.75) is 13.8 Å². The van der Waals surface area contributed by atoms with Crippen molar-refractivity contribution < 1.29 is 0 Å². The van der Waals surface area contributed by atoms with Crippen LogP contribution in [0.4, 0.5) is 0 Å². The predicted molar refractivity (Wildman–Crippen MR) is 43.5 cm³/mol. The van der Waals surface area contributed by atoms with Gasteiger partial charge in [-0.2, -0.15) is 0 Å². The van der Waals surface area contributed by atoms with Gasteiger partial charge in [-0.15, -0.1) is 4.91 Å². The first-order valence-corrected chi connectivity index (χ1v) is 3.00. The van der Waals surface area contributed by atoms with Gasteiger partial charge >= 0.3 is 0 Å². The summed E-state index contributed by atoms with van der Waals surface area (Å²) in [6.07, 6.45) is 4.84. The maximum atomic E-state index is 9.70. The summed E-state index contributed by atoms with van der Waals surface area (Å²) in [6.45, 7) is 7.30. The van der Waals surface area contributed by atoms with Crippen LogP contribution in [0.1, 0.15) is 13.8 Å². The highest BCUT2D eigenvalue weighted by atomic mass is 16.2. The zero-order chi connectivity index (χ0) is 7.98. The van der Waals surface area contributed by atoms with Gasteiger partial charge in [0.25, 0.3) is 0 Å². The molecule has 0 unspecified atom stereocenters. The van der Waals surface area contributed by atoms with Crippen LogP contribution in [0.2, 0.25) is 0 Å². The standard InChI is InChI=1S/C8H11NO/c1-4-7(2)5-8(3)6-9-10/h4-6H,1H2,2-3H3/b7-5-,8-6-. The molecule has 0 aliphatic carbocycles. The van der Waals surface area contributed by atoms with E-state index in [-0.39, 0.29) is 0 Å². The summed E-state index contributed by atoms with van der Waals surface area (Å²) < 4.78 is 0. The van der Waals surface area contributed by atoms with E-state index in [1.165, 1.54) is 6.20 Å². The van der Waals surface area contributed by atoms with E-state index in [2.05, 4.69) is 11.8 Å². The third-order valence-electron chi connectivity index (χ3n) is 1.03. The molecule has 0 fully saturated rings. The minimum Gasteiger partial charge on any atom is -0.145 e. The molecule has 2 heteroatoms. The van der Waals surface area contributed by atoms with Crippen LogP contribution in [0.25, 0.3) is 0 Å². The fourth-order valence-electron chi connectivity index (χ4n) is 0.538. The maximum Gasteiger partial charge on any atom is 0.0744 e. The topological polar surface area (TPSA) is 29.4 Å². The van der Waals surface area contributed by atoms with Gasteiger partial charge in [0.1, 0.15) is 0 Å². The Labute approximate surface area is 60.9 Å². The average Bonchev–Trinajstić information content (AvgIpc) is 1.88. The lowest BCUT2D eigenvalue weighted by atomic mass is 10.2. The molecule has 0 amide bonds. The van der Waals surface area contributed by atoms with Crippen molar-refractivity contribution in [3.63, 3.8) is 0 Å². The maximum absolute atomic E-state index is 9.70. The molecule has 0 aromatic carbocycles. The second kappa shape index (κ2) is 4.68. The van der Waals surface area contributed by atoms with E-state index >= 15 is 0 Å². The van der Waals surface area contributed by atoms with Crippen LogP contribution in [0, 0.1) is 4.91 Å². The third-order valence-corrected chi connectivity index (χ3v) is 1.03. The van der Waals surface area contributed by atoms with E-state index in [0.717, 1.165) is 11.1 Å². The van der Waals surface area contributed by atoms with Crippen molar-refractivity contribution in [2.24, 2.45) is 5.18 Å². The van der Waals surface area contributed by atoms with Gasteiger partial charge in [0, 0.05) is 0 Å². The molecule has 0 spiro atoms. The number of rotatable bonds is 3. The summed E-state index contributed by atoms with van der Waals surface area (Å²) in [5, 5.41) is 2.63. The zero-order valence-electron chi connectivity index (χ0n) is 6.29. The van der Waals surface area contributed by atoms with Crippen LogP contribution >= 0.6 is 0 Å². The van der Waals surface area contributed by atoms with E-state index in [0.29, 0.717) is 0 Å². The Morgan fingerprint density at radius 2 is 2.00 bits per heavy atom. The van der Waals surface area contributed by atoms with Crippen molar-refractivity contribution in [3.05, 3.63) is 41.0 Å². The van der Waals surface area contributed by atoms with Gasteiger partial charge in [-0.25, -0.2) is 0 Å². The number of hydrogen-bond acceptors (Lipinski definition) is 2. The van der Waals surface area contributed by atoms with Crippen LogP contribution < -0.4 is 0 Å². The summed E-state index contributed by atoms with van der Waals surface area (Å²) in [5.74, 6) is 0. The molecule has 54 valence electrons. The van der Waals surface area contributed by atoms with Crippen molar-refractivity contribution >= 4 is 0 Å². The molecule has 0 heterocycles. The predicted octanol–water partition coefficient (Wildman–Crippen LogP) is 2.79. The smallest absolute Gasteiger partial charge is 0.0744 e. The minimum absolute atomic E-state index is 0.840. The Kier molecular flexibility index (Phi) is 4.12. The molecular formula is C8H11NO. The molecule has 0 saturated carbocycles. The van der Waals surface area contributed by atoms with E-state index in [1.54, 1.807) is 6.08 Å². The Balaban J connectivity index is 4.24. The fourth-order valence-corrected chi connectivity index (χ4v) is 0.538. The van der Waals surface area contributed by atoms with Crippen LogP contribution in [0.5, 0.6) is 0 Å². The minimum atomic E-state index is 0.840. The van der Waals surface area contributed by atoms with Crippen LogP contribution in [0.15, 0.2) is 41.3 Å². The van der Waals surface area contributed by atoms with Crippen LogP contribution in [-0.2, 0) is 0 Å². The highest BCUT2D eigenvalue weighted by Crippen LogP contribution is 2.01. The molecule has 0 aromatic heterocycles. The van der Waals surface area contributed by atoms with Crippen LogP contribution in [0.3, 0.4) is 0 Å². The Hall–Kier alpha value is -1.18. The number of allylic oxidation sites excluding steroid dienone is 4. The molecule has 0 N–H and O–H groups in total. The zero-order valence-corrected chi connectivity index (χ0v) is 6.29. The van der Waals surface area contributed by atoms with Gasteiger partial charge in [-0.05, 0) is 24.6 Å². The van der Waals surface area contributed by atoms with Crippen molar-refractivity contribution in [3.8, 4) is 0 Å². The quantitative estimate of drug-likeness (QED) is 0.434. The first kappa shape index (κ1) is 8.82. The second-order valence-electron chi connectivity index (χ2n) is 2.07. The summed E-state index contributed by atoms with van der Waals surface area (Å²) in [7, 11) is 0. The second-order valence-corrected chi connectivity index (χ2v) is 2.07. The SMILES string of the molecule is C=C/C(C)=C\C(C)=C/N=O. The van der Waals surface area contributed by atoms with Gasteiger partial charge in [0.2, 0.25) is 0 Å². The van der Waals surface area contributed by atoms with E-state index < -0.39 is 0 Å². The first-order valence-electron chi connectivity index (χ1n) is 3.00. The van der Waals surface area contributed by atoms with Gasteiger partial charge in [-0.3, -0.25) is 0 Å². The Morgan fingerprint density at radius 3 is 2.40 bits per heavy atom. The number of hydrogen-bond donors (Lipinski definition) is 0. The number of nitroso groups, excluding NO2 is 1. The monoisotopic (exact) mass is 137 g/mol. The van der Waals surface area contributed by atoms with Gasteiger partial charge in [-0.1, -0.05) is 24.3 Å². The largest absolute Gasteiger partial charge is 0.145 e. The van der Waals surface area contributed by atoms with E-state index in [1.807, 2.05) is 19.9 Å². The number of nitrogens with zero attached hydrogens (tertiary/aromatic N) is 1. The molecule has 0 aliphatic heterocycles. The lowest BCUT2D eigenvalue weighted by molar-refractivity contribution is 1.38. The molecule has 0 radical (unpaired) electrons. The lowest BCUT2D eigenvalue weighted by Crippen LogP contribution is -1.70. The molecule has 0 aliphatic rings. The molecule has 0 rings (SSSR count). The summed E-state index contributed by atoms with van der Waals surface area (Å²) in [5.41, 5.74) is 1.87. The molecule has 0 bridgehead atoms. The van der Waals surface area contributed by atoms with Gasteiger partial charge in [0.05, 0.1) is 6.20 Å². The van der Waals surface area contributed by atoms with E-state index in [9.17, 15) is 4.91 Å². The average molecular weight is 137 g/mol. The summed E-state index contributed by atoms with van der Waals surface area (Å²) in [4.78, 5) is 9.70. The molecule has 0 aromatic rings. The Morgan fingerprint density at radius 1 is 1.40 bits per heavy atom. The third kappa shape index (κ3) is 3.78. The van der Waals surface area contributed by atoms with Crippen molar-refractivity contribution in [1.82, 2.24) is 0 Å². The normalized spacial score (nSPS) is 13.0. The molecule has 10 heavy (non-hydrogen) atoms. The molecule has 0 atom stereocenters. The summed E-state index contributed by atoms with van der Waals surface area (Å²) >= 11 is 0. The van der Waals surface area contributed by atoms with Crippen molar-refractivity contribution in [2.75, 3.05) is 0 Å². The highest BCUT2D eigenvalue weighted by molar-refractivity contribution is 5.25. The lowest BCUT2D eigenvalue weighted by Gasteiger charge is -1.89. The fraction of sp³-hybridized carbons (Fsp3) is 0.250. The molecular weight excluding hydrogens is 126 g/mol. The van der Waals surface area contributed by atoms with E-state index in [4.69, 9.17) is 0 Å². The summed E-state index contributed by atoms with van der Waals surface area (Å²) in [6, 6.07) is 0. The van der Waals surface area contributed by atoms with Crippen LogP contribution in [-0.4, -0.2) is 0 Å². The van der Waals surface area contributed by atoms with Gasteiger partial charge in [0.15, 0.2) is 0 Å². The Bertz CT molecular complexity index is 189. The first-order chi connectivity index (χ1) is 4.70. The van der Waals surface area contributed by atoms with Gasteiger partial charge < -0.3 is 0 Å². The van der Waals surface area contributed by atoms with Crippen molar-refractivity contribution in [1.29, 1.82) is 0 Å².